The second-order valence-corrected chi connectivity index (χ2v) is 8.67. The van der Waals surface area contributed by atoms with Crippen molar-refractivity contribution in [2.24, 2.45) is 0 Å². The zero-order chi connectivity index (χ0) is 18.9. The SMILES string of the molecule is Cc1cc(C)c(C)c(S(=O)(=O)NCC(=O)N2CC(C)OC(C)C2)c1C. The van der Waals surface area contributed by atoms with Gasteiger partial charge in [-0.1, -0.05) is 6.07 Å². The highest BCUT2D eigenvalue weighted by Gasteiger charge is 2.28. The zero-order valence-electron chi connectivity index (χ0n) is 15.8. The molecule has 0 spiro atoms. The van der Waals surface area contributed by atoms with Crippen molar-refractivity contribution in [1.82, 2.24) is 9.62 Å². The molecule has 140 valence electrons. The van der Waals surface area contributed by atoms with Crippen LogP contribution in [0.1, 0.15) is 36.1 Å². The van der Waals surface area contributed by atoms with Gasteiger partial charge in [0.1, 0.15) is 0 Å². The number of hydrogen-bond donors (Lipinski definition) is 1. The summed E-state index contributed by atoms with van der Waals surface area (Å²) in [6.45, 7) is 11.9. The molecule has 1 saturated heterocycles. The number of nitrogens with zero attached hydrogens (tertiary/aromatic N) is 1. The average molecular weight is 368 g/mol. The molecule has 0 saturated carbocycles. The Morgan fingerprint density at radius 3 is 2.08 bits per heavy atom. The lowest BCUT2D eigenvalue weighted by Gasteiger charge is -2.35. The van der Waals surface area contributed by atoms with Crippen LogP contribution in [0.25, 0.3) is 0 Å². The summed E-state index contributed by atoms with van der Waals surface area (Å²) >= 11 is 0. The topological polar surface area (TPSA) is 75.7 Å². The number of nitrogens with one attached hydrogen (secondary N) is 1. The minimum absolute atomic E-state index is 0.0479. The van der Waals surface area contributed by atoms with E-state index in [0.717, 1.165) is 22.3 Å². The summed E-state index contributed by atoms with van der Waals surface area (Å²) in [6.07, 6.45) is -0.0959. The minimum atomic E-state index is -3.76. The third kappa shape index (κ3) is 4.40. The lowest BCUT2D eigenvalue weighted by Crippen LogP contribution is -2.51. The van der Waals surface area contributed by atoms with Crippen LogP contribution in [0, 0.1) is 27.7 Å². The van der Waals surface area contributed by atoms with Gasteiger partial charge in [-0.15, -0.1) is 0 Å². The summed E-state index contributed by atoms with van der Waals surface area (Å²) < 4.78 is 33.7. The first-order valence-electron chi connectivity index (χ1n) is 8.53. The monoisotopic (exact) mass is 368 g/mol. The molecule has 1 heterocycles. The number of morpholine rings is 1. The van der Waals surface area contributed by atoms with E-state index in [1.807, 2.05) is 33.8 Å². The van der Waals surface area contributed by atoms with Gasteiger partial charge in [-0.25, -0.2) is 13.1 Å². The molecule has 1 aromatic carbocycles. The Morgan fingerprint density at radius 2 is 1.60 bits per heavy atom. The van der Waals surface area contributed by atoms with Gasteiger partial charge < -0.3 is 9.64 Å². The van der Waals surface area contributed by atoms with E-state index in [1.165, 1.54) is 0 Å². The Morgan fingerprint density at radius 1 is 1.12 bits per heavy atom. The Labute approximate surface area is 150 Å². The van der Waals surface area contributed by atoms with Gasteiger partial charge in [0, 0.05) is 13.1 Å². The van der Waals surface area contributed by atoms with Gasteiger partial charge >= 0.3 is 0 Å². The van der Waals surface area contributed by atoms with Crippen LogP contribution >= 0.6 is 0 Å². The largest absolute Gasteiger partial charge is 0.372 e. The number of ether oxygens (including phenoxy) is 1. The van der Waals surface area contributed by atoms with E-state index < -0.39 is 10.0 Å². The summed E-state index contributed by atoms with van der Waals surface area (Å²) in [6, 6.07) is 1.98. The number of rotatable bonds is 4. The fourth-order valence-electron chi connectivity index (χ4n) is 3.31. The summed E-state index contributed by atoms with van der Waals surface area (Å²) in [4.78, 5) is 14.3. The van der Waals surface area contributed by atoms with E-state index in [9.17, 15) is 13.2 Å². The molecule has 6 nitrogen and oxygen atoms in total. The van der Waals surface area contributed by atoms with E-state index in [-0.39, 0.29) is 29.6 Å². The van der Waals surface area contributed by atoms with Crippen LogP contribution in [0.4, 0.5) is 0 Å². The quantitative estimate of drug-likeness (QED) is 0.880. The molecule has 2 atom stereocenters. The summed E-state index contributed by atoms with van der Waals surface area (Å²) in [5.74, 6) is -0.231. The van der Waals surface area contributed by atoms with Crippen molar-refractivity contribution in [2.45, 2.75) is 58.6 Å². The molecule has 1 aromatic rings. The maximum atomic E-state index is 12.8. The van der Waals surface area contributed by atoms with Gasteiger partial charge in [0.2, 0.25) is 15.9 Å². The highest BCUT2D eigenvalue weighted by Crippen LogP contribution is 2.25. The van der Waals surface area contributed by atoms with Crippen molar-refractivity contribution in [2.75, 3.05) is 19.6 Å². The molecule has 0 bridgehead atoms. The Kier molecular flexibility index (Phi) is 5.91. The van der Waals surface area contributed by atoms with Crippen molar-refractivity contribution in [3.8, 4) is 0 Å². The maximum Gasteiger partial charge on any atom is 0.241 e. The number of aryl methyl sites for hydroxylation is 2. The van der Waals surface area contributed by atoms with Crippen LogP contribution in [0.3, 0.4) is 0 Å². The molecular weight excluding hydrogens is 340 g/mol. The molecule has 0 radical (unpaired) electrons. The Bertz CT molecular complexity index is 738. The van der Waals surface area contributed by atoms with Crippen LogP contribution < -0.4 is 4.72 Å². The van der Waals surface area contributed by atoms with Crippen molar-refractivity contribution in [1.29, 1.82) is 0 Å². The number of carbonyl (C=O) groups excluding carboxylic acids is 1. The molecule has 1 aliphatic rings. The lowest BCUT2D eigenvalue weighted by molar-refractivity contribution is -0.141. The second kappa shape index (κ2) is 7.43. The molecular formula is C18H28N2O4S. The van der Waals surface area contributed by atoms with Crippen molar-refractivity contribution < 1.29 is 17.9 Å². The smallest absolute Gasteiger partial charge is 0.241 e. The first-order chi connectivity index (χ1) is 11.5. The van der Waals surface area contributed by atoms with Gasteiger partial charge in [-0.3, -0.25) is 4.79 Å². The summed E-state index contributed by atoms with van der Waals surface area (Å²) in [5.41, 5.74) is 3.28. The number of sulfonamides is 1. The van der Waals surface area contributed by atoms with Gasteiger partial charge in [0.15, 0.2) is 0 Å². The third-order valence-electron chi connectivity index (χ3n) is 4.75. The van der Waals surface area contributed by atoms with Crippen molar-refractivity contribution in [3.05, 3.63) is 28.3 Å². The predicted octanol–water partition coefficient (Wildman–Crippen LogP) is 1.83. The van der Waals surface area contributed by atoms with Crippen LogP contribution in [-0.4, -0.2) is 51.1 Å². The molecule has 0 aromatic heterocycles. The van der Waals surface area contributed by atoms with E-state index in [0.29, 0.717) is 13.1 Å². The highest BCUT2D eigenvalue weighted by molar-refractivity contribution is 7.89. The average Bonchev–Trinajstić information content (AvgIpc) is 2.50. The predicted molar refractivity (Wildman–Crippen MR) is 97.2 cm³/mol. The summed E-state index contributed by atoms with van der Waals surface area (Å²) in [7, 11) is -3.76. The van der Waals surface area contributed by atoms with Crippen LogP contribution in [-0.2, 0) is 19.6 Å². The molecule has 2 unspecified atom stereocenters. The van der Waals surface area contributed by atoms with E-state index in [4.69, 9.17) is 4.74 Å². The fraction of sp³-hybridized carbons (Fsp3) is 0.611. The number of carbonyl (C=O) groups is 1. The number of amides is 1. The molecule has 1 N–H and O–H groups in total. The molecule has 1 fully saturated rings. The first kappa shape index (κ1) is 19.9. The first-order valence-corrected chi connectivity index (χ1v) is 10.0. The third-order valence-corrected chi connectivity index (χ3v) is 6.43. The zero-order valence-corrected chi connectivity index (χ0v) is 16.7. The second-order valence-electron chi connectivity index (χ2n) is 6.97. The summed E-state index contributed by atoms with van der Waals surface area (Å²) in [5, 5.41) is 0. The highest BCUT2D eigenvalue weighted by atomic mass is 32.2. The van der Waals surface area contributed by atoms with Gasteiger partial charge in [0.05, 0.1) is 23.6 Å². The van der Waals surface area contributed by atoms with Gasteiger partial charge in [-0.2, -0.15) is 0 Å². The van der Waals surface area contributed by atoms with Gasteiger partial charge in [0.25, 0.3) is 0 Å². The van der Waals surface area contributed by atoms with Gasteiger partial charge in [-0.05, 0) is 63.8 Å². The molecule has 25 heavy (non-hydrogen) atoms. The van der Waals surface area contributed by atoms with Crippen molar-refractivity contribution >= 4 is 15.9 Å². The standard InChI is InChI=1S/C18H28N2O4S/c1-11-7-12(2)16(6)18(15(11)5)25(22,23)19-8-17(21)20-9-13(3)24-14(4)10-20/h7,13-14,19H,8-10H2,1-6H3. The van der Waals surface area contributed by atoms with Crippen LogP contribution in [0.2, 0.25) is 0 Å². The van der Waals surface area contributed by atoms with E-state index >= 15 is 0 Å². The molecule has 7 heteroatoms. The Balaban J connectivity index is 2.16. The van der Waals surface area contributed by atoms with Crippen LogP contribution in [0.15, 0.2) is 11.0 Å². The molecule has 0 aliphatic carbocycles. The van der Waals surface area contributed by atoms with E-state index in [2.05, 4.69) is 4.72 Å². The minimum Gasteiger partial charge on any atom is -0.372 e. The molecule has 1 aliphatic heterocycles. The fourth-order valence-corrected chi connectivity index (χ4v) is 4.89. The normalized spacial score (nSPS) is 21.4. The Hall–Kier alpha value is -1.44. The number of benzene rings is 1. The molecule has 1 amide bonds. The van der Waals surface area contributed by atoms with E-state index in [1.54, 1.807) is 18.7 Å². The molecule has 2 rings (SSSR count). The number of hydrogen-bond acceptors (Lipinski definition) is 4. The van der Waals surface area contributed by atoms with Crippen LogP contribution in [0.5, 0.6) is 0 Å². The van der Waals surface area contributed by atoms with Crippen molar-refractivity contribution in [3.63, 3.8) is 0 Å². The maximum absolute atomic E-state index is 12.8. The lowest BCUT2D eigenvalue weighted by atomic mass is 10.0.